The number of hydrogen-bond acceptors (Lipinski definition) is 2. The van der Waals surface area contributed by atoms with Crippen molar-refractivity contribution in [3.63, 3.8) is 0 Å². The lowest BCUT2D eigenvalue weighted by Gasteiger charge is -2.38. The summed E-state index contributed by atoms with van der Waals surface area (Å²) in [4.78, 5) is 13.0. The van der Waals surface area contributed by atoms with Crippen LogP contribution < -0.4 is 0 Å². The van der Waals surface area contributed by atoms with Crippen LogP contribution in [-0.2, 0) is 4.79 Å². The fourth-order valence-electron chi connectivity index (χ4n) is 2.68. The summed E-state index contributed by atoms with van der Waals surface area (Å²) in [6.45, 7) is 0.916. The highest BCUT2D eigenvalue weighted by Crippen LogP contribution is 2.39. The van der Waals surface area contributed by atoms with Gasteiger partial charge >= 0.3 is 5.97 Å². The zero-order chi connectivity index (χ0) is 10.6. The molecule has 0 bridgehead atoms. The summed E-state index contributed by atoms with van der Waals surface area (Å²) in [5, 5.41) is 8.93. The first-order chi connectivity index (χ1) is 6.54. The van der Waals surface area contributed by atoms with Crippen molar-refractivity contribution in [2.75, 3.05) is 20.6 Å². The van der Waals surface area contributed by atoms with E-state index in [2.05, 4.69) is 4.90 Å². The zero-order valence-electron chi connectivity index (χ0n) is 9.25. The highest BCUT2D eigenvalue weighted by atomic mass is 16.4. The third kappa shape index (κ3) is 3.29. The van der Waals surface area contributed by atoms with E-state index in [1.54, 1.807) is 0 Å². The van der Waals surface area contributed by atoms with E-state index in [-0.39, 0.29) is 5.41 Å². The highest BCUT2D eigenvalue weighted by Gasteiger charge is 2.34. The van der Waals surface area contributed by atoms with Crippen molar-refractivity contribution < 1.29 is 9.90 Å². The van der Waals surface area contributed by atoms with E-state index in [4.69, 9.17) is 5.11 Å². The van der Waals surface area contributed by atoms with Crippen molar-refractivity contribution in [2.45, 2.75) is 38.5 Å². The predicted octanol–water partition coefficient (Wildman–Crippen LogP) is 1.97. The molecule has 3 heteroatoms. The molecule has 1 aliphatic rings. The Hall–Kier alpha value is -0.570. The molecule has 0 unspecified atom stereocenters. The van der Waals surface area contributed by atoms with E-state index in [9.17, 15) is 4.79 Å². The van der Waals surface area contributed by atoms with Gasteiger partial charge in [-0.05, 0) is 32.4 Å². The standard InChI is InChI=1S/C11H21NO2/c1-12(2)9-11(8-10(13)14)6-4-3-5-7-11/h3-9H2,1-2H3,(H,13,14). The van der Waals surface area contributed by atoms with Gasteiger partial charge in [-0.1, -0.05) is 19.3 Å². The molecule has 3 nitrogen and oxygen atoms in total. The van der Waals surface area contributed by atoms with Crippen LogP contribution in [0.3, 0.4) is 0 Å². The summed E-state index contributed by atoms with van der Waals surface area (Å²) in [5.74, 6) is -0.645. The topological polar surface area (TPSA) is 40.5 Å². The summed E-state index contributed by atoms with van der Waals surface area (Å²) in [6, 6.07) is 0. The van der Waals surface area contributed by atoms with Gasteiger partial charge in [0.05, 0.1) is 6.42 Å². The fourth-order valence-corrected chi connectivity index (χ4v) is 2.68. The Bertz CT molecular complexity index is 195. The summed E-state index contributed by atoms with van der Waals surface area (Å²) in [6.07, 6.45) is 6.16. The van der Waals surface area contributed by atoms with Crippen LogP contribution >= 0.6 is 0 Å². The average Bonchev–Trinajstić information content (AvgIpc) is 2.01. The van der Waals surface area contributed by atoms with Crippen LogP contribution in [0.1, 0.15) is 38.5 Å². The number of nitrogens with zero attached hydrogens (tertiary/aromatic N) is 1. The van der Waals surface area contributed by atoms with Crippen molar-refractivity contribution in [3.8, 4) is 0 Å². The maximum absolute atomic E-state index is 10.8. The smallest absolute Gasteiger partial charge is 0.303 e. The minimum absolute atomic E-state index is 0.0492. The SMILES string of the molecule is CN(C)CC1(CC(=O)O)CCCCC1. The van der Waals surface area contributed by atoms with E-state index in [0.29, 0.717) is 6.42 Å². The van der Waals surface area contributed by atoms with Gasteiger partial charge in [0.2, 0.25) is 0 Å². The molecule has 0 spiro atoms. The molecule has 0 radical (unpaired) electrons. The van der Waals surface area contributed by atoms with Gasteiger partial charge in [0, 0.05) is 6.54 Å². The highest BCUT2D eigenvalue weighted by molar-refractivity contribution is 5.67. The van der Waals surface area contributed by atoms with Gasteiger partial charge in [-0.3, -0.25) is 4.79 Å². The largest absolute Gasteiger partial charge is 0.481 e. The summed E-state index contributed by atoms with van der Waals surface area (Å²) < 4.78 is 0. The van der Waals surface area contributed by atoms with Gasteiger partial charge in [-0.2, -0.15) is 0 Å². The zero-order valence-corrected chi connectivity index (χ0v) is 9.25. The van der Waals surface area contributed by atoms with Gasteiger partial charge in [0.25, 0.3) is 0 Å². The van der Waals surface area contributed by atoms with Crippen molar-refractivity contribution in [1.82, 2.24) is 4.90 Å². The molecule has 1 N–H and O–H groups in total. The summed E-state index contributed by atoms with van der Waals surface area (Å²) in [5.41, 5.74) is 0.0492. The van der Waals surface area contributed by atoms with Gasteiger partial charge in [-0.15, -0.1) is 0 Å². The van der Waals surface area contributed by atoms with Crippen LogP contribution in [0.5, 0.6) is 0 Å². The quantitative estimate of drug-likeness (QED) is 0.752. The first-order valence-electron chi connectivity index (χ1n) is 5.41. The molecule has 1 fully saturated rings. The molecule has 1 aliphatic carbocycles. The van der Waals surface area contributed by atoms with Gasteiger partial charge < -0.3 is 10.0 Å². The molecule has 0 aromatic carbocycles. The maximum atomic E-state index is 10.8. The maximum Gasteiger partial charge on any atom is 0.303 e. The molecule has 0 atom stereocenters. The van der Waals surface area contributed by atoms with Crippen LogP contribution in [0, 0.1) is 5.41 Å². The molecule has 0 aromatic heterocycles. The van der Waals surface area contributed by atoms with Crippen molar-refractivity contribution >= 4 is 5.97 Å². The molecule has 0 heterocycles. The molecule has 0 saturated heterocycles. The van der Waals surface area contributed by atoms with Crippen LogP contribution in [0.25, 0.3) is 0 Å². The van der Waals surface area contributed by atoms with Crippen molar-refractivity contribution in [1.29, 1.82) is 0 Å². The first-order valence-corrected chi connectivity index (χ1v) is 5.41. The molecule has 0 aliphatic heterocycles. The lowest BCUT2D eigenvalue weighted by molar-refractivity contribution is -0.140. The number of aliphatic carboxylic acids is 1. The summed E-state index contributed by atoms with van der Waals surface area (Å²) in [7, 11) is 4.05. The minimum atomic E-state index is -0.645. The lowest BCUT2D eigenvalue weighted by atomic mass is 9.71. The van der Waals surface area contributed by atoms with E-state index in [0.717, 1.165) is 19.4 Å². The fraction of sp³-hybridized carbons (Fsp3) is 0.909. The third-order valence-electron chi connectivity index (χ3n) is 3.09. The molecular weight excluding hydrogens is 178 g/mol. The second-order valence-electron chi connectivity index (χ2n) is 4.87. The van der Waals surface area contributed by atoms with Crippen LogP contribution in [0.15, 0.2) is 0 Å². The van der Waals surface area contributed by atoms with E-state index in [1.165, 1.54) is 19.3 Å². The van der Waals surface area contributed by atoms with Gasteiger partial charge in [0.15, 0.2) is 0 Å². The Morgan fingerprint density at radius 2 is 1.86 bits per heavy atom. The van der Waals surface area contributed by atoms with E-state index in [1.807, 2.05) is 14.1 Å². The Morgan fingerprint density at radius 1 is 1.29 bits per heavy atom. The molecule has 1 rings (SSSR count). The lowest BCUT2D eigenvalue weighted by Crippen LogP contribution is -2.37. The number of hydrogen-bond donors (Lipinski definition) is 1. The van der Waals surface area contributed by atoms with Gasteiger partial charge in [-0.25, -0.2) is 0 Å². The Kier molecular flexibility index (Phi) is 3.93. The summed E-state index contributed by atoms with van der Waals surface area (Å²) >= 11 is 0. The molecule has 0 amide bonds. The Balaban J connectivity index is 2.61. The molecule has 14 heavy (non-hydrogen) atoms. The Labute approximate surface area is 86.1 Å². The minimum Gasteiger partial charge on any atom is -0.481 e. The average molecular weight is 199 g/mol. The second-order valence-corrected chi connectivity index (χ2v) is 4.87. The molecular formula is C11H21NO2. The predicted molar refractivity (Wildman–Crippen MR) is 56.3 cm³/mol. The molecule has 0 aromatic rings. The van der Waals surface area contributed by atoms with E-state index >= 15 is 0 Å². The monoisotopic (exact) mass is 199 g/mol. The van der Waals surface area contributed by atoms with Crippen LogP contribution in [0.4, 0.5) is 0 Å². The number of carbonyl (C=O) groups is 1. The third-order valence-corrected chi connectivity index (χ3v) is 3.09. The first kappa shape index (κ1) is 11.5. The second kappa shape index (κ2) is 4.78. The molecule has 82 valence electrons. The van der Waals surface area contributed by atoms with E-state index < -0.39 is 5.97 Å². The number of carboxylic acids is 1. The molecule has 1 saturated carbocycles. The van der Waals surface area contributed by atoms with Crippen LogP contribution in [0.2, 0.25) is 0 Å². The Morgan fingerprint density at radius 3 is 2.29 bits per heavy atom. The van der Waals surface area contributed by atoms with Crippen LogP contribution in [-0.4, -0.2) is 36.6 Å². The van der Waals surface area contributed by atoms with Crippen molar-refractivity contribution in [3.05, 3.63) is 0 Å². The normalized spacial score (nSPS) is 21.1. The number of rotatable bonds is 4. The van der Waals surface area contributed by atoms with Gasteiger partial charge in [0.1, 0.15) is 0 Å². The number of carboxylic acid groups (broad SMARTS) is 1. The van der Waals surface area contributed by atoms with Crippen molar-refractivity contribution in [2.24, 2.45) is 5.41 Å².